The quantitative estimate of drug-likeness (QED) is 0.0359. The number of unbranched alkanes of at least 4 members (excludes halogenated alkanes) is 34. The highest BCUT2D eigenvalue weighted by Gasteiger charge is 2.24. The average molecular weight is 845 g/mol. The van der Waals surface area contributed by atoms with E-state index < -0.39 is 20.0 Å². The molecule has 8 nitrogen and oxygen atoms in total. The van der Waals surface area contributed by atoms with Gasteiger partial charge in [-0.05, 0) is 12.8 Å². The zero-order valence-electron chi connectivity index (χ0n) is 39.5. The molecule has 0 aliphatic heterocycles. The molecule has 0 aliphatic carbocycles. The molecule has 0 rings (SSSR count). The number of carbonyl (C=O) groups excluding carboxylic acids is 1. The van der Waals surface area contributed by atoms with E-state index >= 15 is 0 Å². The second-order valence-corrected chi connectivity index (χ2v) is 20.3. The number of aliphatic hydroxyl groups is 1. The molecular formula is C49H101N2O6P. The zero-order valence-corrected chi connectivity index (χ0v) is 40.4. The number of nitrogens with zero attached hydrogens (tertiary/aromatic N) is 1. The van der Waals surface area contributed by atoms with E-state index in [9.17, 15) is 19.4 Å². The monoisotopic (exact) mass is 845 g/mol. The minimum absolute atomic E-state index is 0.0152. The van der Waals surface area contributed by atoms with Gasteiger partial charge in [0.15, 0.2) is 0 Å². The van der Waals surface area contributed by atoms with Crippen molar-refractivity contribution >= 4 is 13.7 Å². The number of nitrogens with one attached hydrogen (secondary N) is 1. The van der Waals surface area contributed by atoms with Gasteiger partial charge in [-0.1, -0.05) is 239 Å². The van der Waals surface area contributed by atoms with Gasteiger partial charge >= 0.3 is 0 Å². The molecule has 0 aromatic heterocycles. The van der Waals surface area contributed by atoms with E-state index in [-0.39, 0.29) is 19.1 Å². The molecule has 0 heterocycles. The van der Waals surface area contributed by atoms with Gasteiger partial charge in [-0.3, -0.25) is 9.36 Å². The van der Waals surface area contributed by atoms with E-state index in [1.165, 1.54) is 193 Å². The van der Waals surface area contributed by atoms with Crippen LogP contribution >= 0.6 is 7.82 Å². The Bertz CT molecular complexity index is 916. The number of aliphatic hydroxyl groups excluding tert-OH is 1. The van der Waals surface area contributed by atoms with E-state index in [4.69, 9.17) is 9.05 Å². The lowest BCUT2D eigenvalue weighted by molar-refractivity contribution is -0.870. The molecule has 0 saturated carbocycles. The van der Waals surface area contributed by atoms with Crippen molar-refractivity contribution in [2.45, 2.75) is 270 Å². The Morgan fingerprint density at radius 1 is 0.534 bits per heavy atom. The van der Waals surface area contributed by atoms with Crippen LogP contribution in [0.2, 0.25) is 0 Å². The maximum Gasteiger partial charge on any atom is 0.268 e. The first-order valence-corrected chi connectivity index (χ1v) is 26.8. The summed E-state index contributed by atoms with van der Waals surface area (Å²) in [5.41, 5.74) is 0. The molecule has 0 fully saturated rings. The topological polar surface area (TPSA) is 108 Å². The maximum atomic E-state index is 12.8. The molecule has 0 aromatic rings. The molecule has 1 amide bonds. The molecule has 0 spiro atoms. The summed E-state index contributed by atoms with van der Waals surface area (Å²) in [6.07, 6.45) is 47.5. The summed E-state index contributed by atoms with van der Waals surface area (Å²) in [6.45, 7) is 4.68. The van der Waals surface area contributed by atoms with E-state index in [1.807, 2.05) is 21.1 Å². The summed E-state index contributed by atoms with van der Waals surface area (Å²) in [7, 11) is 1.31. The van der Waals surface area contributed by atoms with E-state index in [0.717, 1.165) is 38.5 Å². The Hall–Kier alpha value is -0.500. The Balaban J connectivity index is 3.81. The predicted molar refractivity (Wildman–Crippen MR) is 247 cm³/mol. The van der Waals surface area contributed by atoms with Crippen LogP contribution in [-0.2, 0) is 18.4 Å². The van der Waals surface area contributed by atoms with E-state index in [2.05, 4.69) is 19.2 Å². The first-order chi connectivity index (χ1) is 28.0. The minimum atomic E-state index is -4.55. The van der Waals surface area contributed by atoms with Crippen molar-refractivity contribution in [2.24, 2.45) is 0 Å². The van der Waals surface area contributed by atoms with Crippen LogP contribution in [0.4, 0.5) is 0 Å². The second kappa shape index (κ2) is 41.8. The van der Waals surface area contributed by atoms with Gasteiger partial charge in [-0.15, -0.1) is 0 Å². The first-order valence-electron chi connectivity index (χ1n) is 25.4. The lowest BCUT2D eigenvalue weighted by atomic mass is 10.0. The number of quaternary nitrogens is 1. The molecule has 9 heteroatoms. The summed E-state index contributed by atoms with van der Waals surface area (Å²) >= 11 is 0. The number of phosphoric acid groups is 1. The van der Waals surface area contributed by atoms with Crippen LogP contribution in [-0.4, -0.2) is 68.5 Å². The minimum Gasteiger partial charge on any atom is -0.756 e. The molecule has 0 saturated heterocycles. The van der Waals surface area contributed by atoms with Gasteiger partial charge in [0, 0.05) is 6.42 Å². The highest BCUT2D eigenvalue weighted by molar-refractivity contribution is 7.45. The van der Waals surface area contributed by atoms with Crippen LogP contribution in [0.25, 0.3) is 0 Å². The Morgan fingerprint density at radius 3 is 1.17 bits per heavy atom. The Labute approximate surface area is 361 Å². The molecule has 0 aromatic carbocycles. The van der Waals surface area contributed by atoms with Crippen LogP contribution < -0.4 is 10.2 Å². The molecule has 3 unspecified atom stereocenters. The van der Waals surface area contributed by atoms with Gasteiger partial charge in [0.1, 0.15) is 13.2 Å². The molecule has 0 radical (unpaired) electrons. The van der Waals surface area contributed by atoms with Gasteiger partial charge in [-0.25, -0.2) is 0 Å². The van der Waals surface area contributed by atoms with Gasteiger partial charge < -0.3 is 28.8 Å². The number of hydrogen-bond acceptors (Lipinski definition) is 6. The largest absolute Gasteiger partial charge is 0.756 e. The van der Waals surface area contributed by atoms with Gasteiger partial charge in [-0.2, -0.15) is 0 Å². The Morgan fingerprint density at radius 2 is 0.845 bits per heavy atom. The SMILES string of the molecule is CCCCCCCCCCCCCCCCCCCCCCCCCCCCCCCCC(=O)NC(COP(=O)([O-])OCC[N+](C)(C)C)C(O)CCCCCCCC. The number of carbonyl (C=O) groups is 1. The fourth-order valence-corrected chi connectivity index (χ4v) is 8.53. The van der Waals surface area contributed by atoms with Crippen LogP contribution in [0, 0.1) is 0 Å². The van der Waals surface area contributed by atoms with Crippen LogP contribution in [0.15, 0.2) is 0 Å². The third-order valence-corrected chi connectivity index (χ3v) is 12.8. The molecule has 58 heavy (non-hydrogen) atoms. The number of amides is 1. The van der Waals surface area contributed by atoms with Crippen molar-refractivity contribution in [3.63, 3.8) is 0 Å². The van der Waals surface area contributed by atoms with Crippen molar-refractivity contribution < 1.29 is 32.9 Å². The Kier molecular flexibility index (Phi) is 41.5. The summed E-state index contributed by atoms with van der Waals surface area (Å²) in [6, 6.07) is -0.791. The number of hydrogen-bond donors (Lipinski definition) is 2. The lowest BCUT2D eigenvalue weighted by Gasteiger charge is -2.30. The second-order valence-electron chi connectivity index (χ2n) is 18.9. The normalized spacial score (nSPS) is 14.1. The average Bonchev–Trinajstić information content (AvgIpc) is 3.17. The van der Waals surface area contributed by atoms with Gasteiger partial charge in [0.2, 0.25) is 5.91 Å². The fraction of sp³-hybridized carbons (Fsp3) is 0.980. The van der Waals surface area contributed by atoms with E-state index in [0.29, 0.717) is 23.9 Å². The summed E-state index contributed by atoms with van der Waals surface area (Å²) in [5, 5.41) is 13.8. The number of phosphoric ester groups is 1. The van der Waals surface area contributed by atoms with Gasteiger partial charge in [0.25, 0.3) is 7.82 Å². The molecular weight excluding hydrogens is 744 g/mol. The fourth-order valence-electron chi connectivity index (χ4n) is 7.81. The first kappa shape index (κ1) is 57.5. The highest BCUT2D eigenvalue weighted by atomic mass is 31.2. The lowest BCUT2D eigenvalue weighted by Crippen LogP contribution is -2.46. The summed E-state index contributed by atoms with van der Waals surface area (Å²) in [5.74, 6) is -0.164. The third kappa shape index (κ3) is 43.6. The predicted octanol–water partition coefficient (Wildman–Crippen LogP) is 13.9. The molecule has 348 valence electrons. The standard InChI is InChI=1S/C49H101N2O6P/c1-6-8-10-12-14-15-16-17-18-19-20-21-22-23-24-25-26-27-28-29-30-31-32-33-34-35-36-37-39-41-43-49(53)50-47(48(52)42-40-38-13-11-9-7-2)46-57-58(54,55)56-45-44-51(3,4)5/h47-48,52H,6-46H2,1-5H3,(H-,50,53,54,55). The summed E-state index contributed by atoms with van der Waals surface area (Å²) in [4.78, 5) is 25.2. The molecule has 3 atom stereocenters. The van der Waals surface area contributed by atoms with Crippen molar-refractivity contribution in [1.82, 2.24) is 5.32 Å². The number of likely N-dealkylation sites (N-methyl/N-ethyl adjacent to an activating group) is 1. The van der Waals surface area contributed by atoms with Crippen molar-refractivity contribution in [2.75, 3.05) is 40.9 Å². The van der Waals surface area contributed by atoms with Crippen LogP contribution in [0.3, 0.4) is 0 Å². The maximum absolute atomic E-state index is 12.8. The van der Waals surface area contributed by atoms with Crippen LogP contribution in [0.5, 0.6) is 0 Å². The van der Waals surface area contributed by atoms with Gasteiger partial charge in [0.05, 0.1) is 39.9 Å². The van der Waals surface area contributed by atoms with Crippen molar-refractivity contribution in [3.8, 4) is 0 Å². The van der Waals surface area contributed by atoms with Crippen LogP contribution in [0.1, 0.15) is 258 Å². The highest BCUT2D eigenvalue weighted by Crippen LogP contribution is 2.38. The zero-order chi connectivity index (χ0) is 42.8. The summed E-state index contributed by atoms with van der Waals surface area (Å²) < 4.78 is 23.1. The number of rotatable bonds is 47. The van der Waals surface area contributed by atoms with Crippen molar-refractivity contribution in [1.29, 1.82) is 0 Å². The smallest absolute Gasteiger partial charge is 0.268 e. The molecule has 0 aliphatic rings. The molecule has 0 bridgehead atoms. The third-order valence-electron chi connectivity index (χ3n) is 11.8. The molecule has 2 N–H and O–H groups in total. The van der Waals surface area contributed by atoms with Crippen molar-refractivity contribution in [3.05, 3.63) is 0 Å². The van der Waals surface area contributed by atoms with E-state index in [1.54, 1.807) is 0 Å².